The summed E-state index contributed by atoms with van der Waals surface area (Å²) in [4.78, 5) is 22.3. The number of hydrogen-bond acceptors (Lipinski definition) is 4. The van der Waals surface area contributed by atoms with Crippen LogP contribution < -0.4 is 5.32 Å². The van der Waals surface area contributed by atoms with Crippen LogP contribution in [0.4, 0.5) is 0 Å². The van der Waals surface area contributed by atoms with Crippen molar-refractivity contribution in [1.29, 1.82) is 0 Å². The highest BCUT2D eigenvalue weighted by Crippen LogP contribution is 2.27. The molecule has 2 saturated heterocycles. The molecule has 0 radical (unpaired) electrons. The molecule has 18 heavy (non-hydrogen) atoms. The monoisotopic (exact) mass is 266 g/mol. The highest BCUT2D eigenvalue weighted by molar-refractivity contribution is 6.29. The number of amides is 1. The van der Waals surface area contributed by atoms with Gasteiger partial charge in [0.25, 0.3) is 5.91 Å². The van der Waals surface area contributed by atoms with Crippen LogP contribution in [0, 0.1) is 0 Å². The van der Waals surface area contributed by atoms with Gasteiger partial charge in [0.2, 0.25) is 0 Å². The summed E-state index contributed by atoms with van der Waals surface area (Å²) in [5.41, 5.74) is 0.329. The third-order valence-electron chi connectivity index (χ3n) is 3.78. The second-order valence-electron chi connectivity index (χ2n) is 4.84. The maximum Gasteiger partial charge on any atom is 0.271 e. The lowest BCUT2D eigenvalue weighted by molar-refractivity contribution is 0.0924. The van der Waals surface area contributed by atoms with Gasteiger partial charge in [-0.05, 0) is 25.8 Å². The van der Waals surface area contributed by atoms with E-state index in [0.717, 1.165) is 19.5 Å². The minimum absolute atomic E-state index is 0.155. The summed E-state index contributed by atoms with van der Waals surface area (Å²) in [6.07, 6.45) is 6.25. The van der Waals surface area contributed by atoms with E-state index in [-0.39, 0.29) is 11.9 Å². The Labute approximate surface area is 111 Å². The Morgan fingerprint density at radius 1 is 1.33 bits per heavy atom. The van der Waals surface area contributed by atoms with E-state index in [0.29, 0.717) is 16.9 Å². The van der Waals surface area contributed by atoms with Gasteiger partial charge >= 0.3 is 0 Å². The number of carbonyl (C=O) groups excluding carboxylic acids is 1. The first-order chi connectivity index (χ1) is 8.74. The molecule has 0 spiro atoms. The molecule has 0 aliphatic carbocycles. The van der Waals surface area contributed by atoms with E-state index >= 15 is 0 Å². The van der Waals surface area contributed by atoms with Crippen LogP contribution in [0.15, 0.2) is 12.4 Å². The molecule has 96 valence electrons. The predicted molar refractivity (Wildman–Crippen MR) is 67.5 cm³/mol. The molecule has 0 aromatic carbocycles. The molecule has 3 heterocycles. The molecule has 5 nitrogen and oxygen atoms in total. The molecule has 2 unspecified atom stereocenters. The molecular weight excluding hydrogens is 252 g/mol. The normalized spacial score (nSPS) is 27.2. The van der Waals surface area contributed by atoms with Crippen molar-refractivity contribution < 1.29 is 4.79 Å². The smallest absolute Gasteiger partial charge is 0.271 e. The summed E-state index contributed by atoms with van der Waals surface area (Å²) in [7, 11) is 0. The highest BCUT2D eigenvalue weighted by Gasteiger charge is 2.37. The minimum atomic E-state index is -0.155. The maximum atomic E-state index is 12.0. The molecule has 0 saturated carbocycles. The molecule has 2 aliphatic heterocycles. The van der Waals surface area contributed by atoms with Gasteiger partial charge in [-0.2, -0.15) is 0 Å². The van der Waals surface area contributed by atoms with E-state index in [1.54, 1.807) is 0 Å². The van der Waals surface area contributed by atoms with Crippen LogP contribution in [0.3, 0.4) is 0 Å². The van der Waals surface area contributed by atoms with Crippen molar-refractivity contribution in [1.82, 2.24) is 20.2 Å². The first-order valence-electron chi connectivity index (χ1n) is 6.26. The first kappa shape index (κ1) is 11.9. The summed E-state index contributed by atoms with van der Waals surface area (Å²) in [6, 6.07) is 0.756. The highest BCUT2D eigenvalue weighted by atomic mass is 35.5. The van der Waals surface area contributed by atoms with E-state index in [1.165, 1.54) is 25.2 Å². The van der Waals surface area contributed by atoms with Crippen molar-refractivity contribution in [2.24, 2.45) is 0 Å². The van der Waals surface area contributed by atoms with Crippen molar-refractivity contribution in [3.05, 3.63) is 23.2 Å². The third kappa shape index (κ3) is 2.20. The number of rotatable bonds is 2. The molecule has 2 fully saturated rings. The predicted octanol–water partition coefficient (Wildman–Crippen LogP) is 1.10. The lowest BCUT2D eigenvalue weighted by Gasteiger charge is -2.20. The molecule has 0 bridgehead atoms. The van der Waals surface area contributed by atoms with E-state index in [4.69, 9.17) is 11.6 Å². The van der Waals surface area contributed by atoms with Crippen molar-refractivity contribution in [2.45, 2.75) is 31.3 Å². The van der Waals surface area contributed by atoms with Gasteiger partial charge in [0.05, 0.1) is 12.4 Å². The molecule has 2 atom stereocenters. The van der Waals surface area contributed by atoms with Crippen LogP contribution in [0.1, 0.15) is 29.8 Å². The summed E-state index contributed by atoms with van der Waals surface area (Å²) >= 11 is 5.65. The fourth-order valence-corrected chi connectivity index (χ4v) is 3.02. The quantitative estimate of drug-likeness (QED) is 0.871. The largest absolute Gasteiger partial charge is 0.346 e. The van der Waals surface area contributed by atoms with Crippen molar-refractivity contribution >= 4 is 17.5 Å². The molecule has 1 N–H and O–H groups in total. The lowest BCUT2D eigenvalue weighted by Crippen LogP contribution is -2.42. The average Bonchev–Trinajstić information content (AvgIpc) is 2.95. The standard InChI is InChI=1S/C12H15ClN4O/c13-11-7-14-9(6-15-11)12(18)16-8-3-5-17-4-1-2-10(8)17/h6-8,10H,1-5H2,(H,16,18). The average molecular weight is 267 g/mol. The minimum Gasteiger partial charge on any atom is -0.346 e. The van der Waals surface area contributed by atoms with Crippen molar-refractivity contribution in [3.63, 3.8) is 0 Å². The summed E-state index contributed by atoms with van der Waals surface area (Å²) in [5.74, 6) is -0.155. The van der Waals surface area contributed by atoms with Crippen LogP contribution >= 0.6 is 11.6 Å². The Kier molecular flexibility index (Phi) is 3.18. The van der Waals surface area contributed by atoms with Gasteiger partial charge in [0.15, 0.2) is 0 Å². The Bertz CT molecular complexity index is 450. The fourth-order valence-electron chi connectivity index (χ4n) is 2.92. The van der Waals surface area contributed by atoms with Gasteiger partial charge in [-0.15, -0.1) is 0 Å². The molecule has 2 aliphatic rings. The van der Waals surface area contributed by atoms with Gasteiger partial charge in [0.1, 0.15) is 10.8 Å². The Morgan fingerprint density at radius 2 is 2.22 bits per heavy atom. The number of halogens is 1. The second-order valence-corrected chi connectivity index (χ2v) is 5.23. The zero-order chi connectivity index (χ0) is 12.5. The van der Waals surface area contributed by atoms with Gasteiger partial charge in [0, 0.05) is 18.6 Å². The van der Waals surface area contributed by atoms with Crippen LogP contribution in [0.2, 0.25) is 5.15 Å². The van der Waals surface area contributed by atoms with Gasteiger partial charge in [-0.25, -0.2) is 9.97 Å². The summed E-state index contributed by atoms with van der Waals surface area (Å²) in [6.45, 7) is 2.25. The zero-order valence-corrected chi connectivity index (χ0v) is 10.7. The van der Waals surface area contributed by atoms with E-state index in [1.807, 2.05) is 0 Å². The lowest BCUT2D eigenvalue weighted by atomic mass is 10.1. The molecule has 1 aromatic heterocycles. The first-order valence-corrected chi connectivity index (χ1v) is 6.64. The van der Waals surface area contributed by atoms with Crippen LogP contribution in [0.5, 0.6) is 0 Å². The number of aromatic nitrogens is 2. The van der Waals surface area contributed by atoms with Crippen LogP contribution in [-0.2, 0) is 0 Å². The van der Waals surface area contributed by atoms with Crippen LogP contribution in [-0.4, -0.2) is 45.9 Å². The molecule has 1 amide bonds. The Balaban J connectivity index is 1.66. The molecular formula is C12H15ClN4O. The number of fused-ring (bicyclic) bond motifs is 1. The van der Waals surface area contributed by atoms with E-state index in [2.05, 4.69) is 20.2 Å². The van der Waals surface area contributed by atoms with Gasteiger partial charge in [-0.3, -0.25) is 9.69 Å². The number of nitrogens with zero attached hydrogens (tertiary/aromatic N) is 3. The zero-order valence-electron chi connectivity index (χ0n) is 9.97. The Morgan fingerprint density at radius 3 is 3.00 bits per heavy atom. The fraction of sp³-hybridized carbons (Fsp3) is 0.583. The van der Waals surface area contributed by atoms with E-state index in [9.17, 15) is 4.79 Å². The van der Waals surface area contributed by atoms with Gasteiger partial charge in [-0.1, -0.05) is 11.6 Å². The van der Waals surface area contributed by atoms with Gasteiger partial charge < -0.3 is 5.32 Å². The van der Waals surface area contributed by atoms with E-state index < -0.39 is 0 Å². The summed E-state index contributed by atoms with van der Waals surface area (Å²) < 4.78 is 0. The van der Waals surface area contributed by atoms with Crippen LogP contribution in [0.25, 0.3) is 0 Å². The second kappa shape index (κ2) is 4.82. The molecule has 1 aromatic rings. The number of carbonyl (C=O) groups is 1. The maximum absolute atomic E-state index is 12.0. The van der Waals surface area contributed by atoms with Crippen molar-refractivity contribution in [3.8, 4) is 0 Å². The molecule has 3 rings (SSSR count). The summed E-state index contributed by atoms with van der Waals surface area (Å²) in [5, 5.41) is 3.36. The number of hydrogen-bond donors (Lipinski definition) is 1. The molecule has 6 heteroatoms. The van der Waals surface area contributed by atoms with Crippen molar-refractivity contribution in [2.75, 3.05) is 13.1 Å². The number of nitrogens with one attached hydrogen (secondary N) is 1. The Hall–Kier alpha value is -1.20. The topological polar surface area (TPSA) is 58.1 Å². The third-order valence-corrected chi connectivity index (χ3v) is 3.97. The SMILES string of the molecule is O=C(NC1CCN2CCCC12)c1cnc(Cl)cn1.